The van der Waals surface area contributed by atoms with Crippen LogP contribution >= 0.6 is 15.9 Å². The summed E-state index contributed by atoms with van der Waals surface area (Å²) in [7, 11) is 0. The maximum Gasteiger partial charge on any atom is 0.407 e. The molecule has 0 saturated heterocycles. The molecule has 0 heterocycles. The number of benzene rings is 3. The van der Waals surface area contributed by atoms with Crippen LogP contribution in [0.1, 0.15) is 28.2 Å². The molecule has 0 bridgehead atoms. The fourth-order valence-electron chi connectivity index (χ4n) is 3.67. The molecule has 0 aliphatic heterocycles. The van der Waals surface area contributed by atoms with Gasteiger partial charge < -0.3 is 10.1 Å². The summed E-state index contributed by atoms with van der Waals surface area (Å²) in [6.07, 6.45) is -0.450. The third-order valence-electron chi connectivity index (χ3n) is 5.08. The van der Waals surface area contributed by atoms with Crippen LogP contribution in [0.5, 0.6) is 0 Å². The van der Waals surface area contributed by atoms with E-state index in [2.05, 4.69) is 57.4 Å². The average Bonchev–Trinajstić information content (AvgIpc) is 3.05. The standard InChI is InChI=1S/C25H20BrNO2/c1-17-15-19(26)13-12-18(17)7-6-14-27-25(28)29-16-24-22-10-4-2-8-20(22)21-9-3-5-11-23(21)24/h2-5,8-13,15,24H,14,16H2,1H3,(H,27,28). The molecule has 3 aromatic rings. The molecule has 0 aromatic heterocycles. The van der Waals surface area contributed by atoms with Gasteiger partial charge in [0, 0.05) is 16.0 Å². The lowest BCUT2D eigenvalue weighted by molar-refractivity contribution is 0.144. The summed E-state index contributed by atoms with van der Waals surface area (Å²) < 4.78 is 6.53. The second-order valence-corrected chi connectivity index (χ2v) is 7.86. The molecule has 0 radical (unpaired) electrons. The normalized spacial score (nSPS) is 11.8. The first kappa shape index (κ1) is 19.3. The predicted molar refractivity (Wildman–Crippen MR) is 119 cm³/mol. The summed E-state index contributed by atoms with van der Waals surface area (Å²) in [5, 5.41) is 2.71. The molecule has 29 heavy (non-hydrogen) atoms. The Hall–Kier alpha value is -3.03. The van der Waals surface area contributed by atoms with E-state index in [0.29, 0.717) is 6.61 Å². The van der Waals surface area contributed by atoms with Gasteiger partial charge >= 0.3 is 6.09 Å². The number of halogens is 1. The second kappa shape index (κ2) is 8.55. The molecule has 3 nitrogen and oxygen atoms in total. The molecule has 144 valence electrons. The van der Waals surface area contributed by atoms with Crippen molar-refractivity contribution < 1.29 is 9.53 Å². The number of nitrogens with one attached hydrogen (secondary N) is 1. The Kier molecular flexibility index (Phi) is 5.69. The Morgan fingerprint density at radius 3 is 2.34 bits per heavy atom. The lowest BCUT2D eigenvalue weighted by Gasteiger charge is -2.14. The number of alkyl carbamates (subject to hydrolysis) is 1. The highest BCUT2D eigenvalue weighted by Crippen LogP contribution is 2.44. The smallest absolute Gasteiger partial charge is 0.407 e. The van der Waals surface area contributed by atoms with Crippen molar-refractivity contribution in [2.45, 2.75) is 12.8 Å². The Morgan fingerprint density at radius 1 is 1.03 bits per heavy atom. The van der Waals surface area contributed by atoms with Gasteiger partial charge in [-0.05, 0) is 52.9 Å². The zero-order chi connectivity index (χ0) is 20.2. The zero-order valence-corrected chi connectivity index (χ0v) is 17.6. The van der Waals surface area contributed by atoms with E-state index in [4.69, 9.17) is 4.74 Å². The molecule has 0 saturated carbocycles. The van der Waals surface area contributed by atoms with Gasteiger partial charge in [0.1, 0.15) is 6.61 Å². The van der Waals surface area contributed by atoms with Crippen molar-refractivity contribution in [3.63, 3.8) is 0 Å². The van der Waals surface area contributed by atoms with Crippen LogP contribution in [0.2, 0.25) is 0 Å². The van der Waals surface area contributed by atoms with Crippen LogP contribution in [-0.4, -0.2) is 19.2 Å². The number of aryl methyl sites for hydroxylation is 1. The van der Waals surface area contributed by atoms with Crippen molar-refractivity contribution in [3.05, 3.63) is 93.5 Å². The molecular weight excluding hydrogens is 426 g/mol. The first-order valence-corrected chi connectivity index (χ1v) is 10.3. The molecule has 1 amide bonds. The number of carbonyl (C=O) groups is 1. The molecule has 0 spiro atoms. The van der Waals surface area contributed by atoms with Gasteiger partial charge in [0.15, 0.2) is 0 Å². The van der Waals surface area contributed by atoms with Gasteiger partial charge in [0.25, 0.3) is 0 Å². The van der Waals surface area contributed by atoms with Crippen LogP contribution < -0.4 is 5.32 Å². The summed E-state index contributed by atoms with van der Waals surface area (Å²) in [4.78, 5) is 12.1. The Bertz CT molecular complexity index is 1080. The third kappa shape index (κ3) is 4.21. The van der Waals surface area contributed by atoms with E-state index in [1.807, 2.05) is 49.4 Å². The predicted octanol–water partition coefficient (Wildman–Crippen LogP) is 5.65. The van der Waals surface area contributed by atoms with Crippen molar-refractivity contribution in [1.82, 2.24) is 5.32 Å². The van der Waals surface area contributed by atoms with Crippen molar-refractivity contribution in [3.8, 4) is 23.0 Å². The Labute approximate surface area is 179 Å². The number of rotatable bonds is 3. The lowest BCUT2D eigenvalue weighted by Crippen LogP contribution is -2.26. The van der Waals surface area contributed by atoms with Gasteiger partial charge in [0.05, 0.1) is 6.54 Å². The number of hydrogen-bond acceptors (Lipinski definition) is 2. The molecule has 0 fully saturated rings. The highest BCUT2D eigenvalue weighted by Gasteiger charge is 2.28. The number of ether oxygens (including phenoxy) is 1. The van der Waals surface area contributed by atoms with Gasteiger partial charge in [-0.25, -0.2) is 4.79 Å². The quantitative estimate of drug-likeness (QED) is 0.529. The van der Waals surface area contributed by atoms with Crippen molar-refractivity contribution >= 4 is 22.0 Å². The van der Waals surface area contributed by atoms with Crippen LogP contribution in [0.3, 0.4) is 0 Å². The van der Waals surface area contributed by atoms with E-state index in [1.165, 1.54) is 22.3 Å². The first-order chi connectivity index (χ1) is 14.1. The van der Waals surface area contributed by atoms with E-state index in [1.54, 1.807) is 0 Å². The van der Waals surface area contributed by atoms with Crippen molar-refractivity contribution in [2.24, 2.45) is 0 Å². The Balaban J connectivity index is 1.35. The maximum absolute atomic E-state index is 12.1. The van der Waals surface area contributed by atoms with Gasteiger partial charge in [0.2, 0.25) is 0 Å². The monoisotopic (exact) mass is 445 g/mol. The molecule has 0 atom stereocenters. The van der Waals surface area contributed by atoms with Crippen LogP contribution in [0.15, 0.2) is 71.2 Å². The van der Waals surface area contributed by atoms with Gasteiger partial charge in [-0.15, -0.1) is 0 Å². The largest absolute Gasteiger partial charge is 0.449 e. The van der Waals surface area contributed by atoms with Crippen molar-refractivity contribution in [2.75, 3.05) is 13.2 Å². The third-order valence-corrected chi connectivity index (χ3v) is 5.57. The highest BCUT2D eigenvalue weighted by atomic mass is 79.9. The molecular formula is C25H20BrNO2. The molecule has 3 aromatic carbocycles. The molecule has 1 aliphatic carbocycles. The van der Waals surface area contributed by atoms with Crippen LogP contribution in [-0.2, 0) is 4.74 Å². The summed E-state index contributed by atoms with van der Waals surface area (Å²) in [5.41, 5.74) is 6.87. The van der Waals surface area contributed by atoms with Crippen molar-refractivity contribution in [1.29, 1.82) is 0 Å². The lowest BCUT2D eigenvalue weighted by atomic mass is 9.98. The molecule has 1 aliphatic rings. The number of hydrogen-bond donors (Lipinski definition) is 1. The maximum atomic E-state index is 12.1. The minimum absolute atomic E-state index is 0.0599. The van der Waals surface area contributed by atoms with Gasteiger partial charge in [-0.2, -0.15) is 0 Å². The minimum atomic E-state index is -0.450. The van der Waals surface area contributed by atoms with E-state index < -0.39 is 6.09 Å². The van der Waals surface area contributed by atoms with E-state index >= 15 is 0 Å². The topological polar surface area (TPSA) is 38.3 Å². The number of amides is 1. The fourth-order valence-corrected chi connectivity index (χ4v) is 4.15. The Morgan fingerprint density at radius 2 is 1.69 bits per heavy atom. The van der Waals surface area contributed by atoms with Gasteiger partial charge in [-0.3, -0.25) is 0 Å². The first-order valence-electron chi connectivity index (χ1n) is 9.47. The van der Waals surface area contributed by atoms with Crippen LogP contribution in [0.4, 0.5) is 4.79 Å². The second-order valence-electron chi connectivity index (χ2n) is 6.94. The molecule has 4 heteroatoms. The van der Waals surface area contributed by atoms with Crippen LogP contribution in [0, 0.1) is 18.8 Å². The number of carbonyl (C=O) groups excluding carboxylic acids is 1. The number of fused-ring (bicyclic) bond motifs is 3. The molecule has 4 rings (SSSR count). The minimum Gasteiger partial charge on any atom is -0.449 e. The van der Waals surface area contributed by atoms with E-state index in [-0.39, 0.29) is 12.5 Å². The zero-order valence-electron chi connectivity index (χ0n) is 16.0. The average molecular weight is 446 g/mol. The summed E-state index contributed by atoms with van der Waals surface area (Å²) in [6.45, 7) is 2.55. The van der Waals surface area contributed by atoms with Gasteiger partial charge in [-0.1, -0.05) is 76.3 Å². The fraction of sp³-hybridized carbons (Fsp3) is 0.160. The van der Waals surface area contributed by atoms with E-state index in [0.717, 1.165) is 15.6 Å². The van der Waals surface area contributed by atoms with E-state index in [9.17, 15) is 4.79 Å². The summed E-state index contributed by atoms with van der Waals surface area (Å²) in [6, 6.07) is 22.5. The van der Waals surface area contributed by atoms with Crippen LogP contribution in [0.25, 0.3) is 11.1 Å². The summed E-state index contributed by atoms with van der Waals surface area (Å²) in [5.74, 6) is 6.11. The summed E-state index contributed by atoms with van der Waals surface area (Å²) >= 11 is 3.44. The molecule has 0 unspecified atom stereocenters. The SMILES string of the molecule is Cc1cc(Br)ccc1C#CCNC(=O)OCC1c2ccccc2-c2ccccc21. The highest BCUT2D eigenvalue weighted by molar-refractivity contribution is 9.10. The molecule has 1 N–H and O–H groups in total.